The summed E-state index contributed by atoms with van der Waals surface area (Å²) in [5, 5.41) is 3.69. The average molecular weight is 515 g/mol. The van der Waals surface area contributed by atoms with E-state index in [4.69, 9.17) is 14.5 Å². The monoisotopic (exact) mass is 514 g/mol. The minimum Gasteiger partial charge on any atom is -0.493 e. The van der Waals surface area contributed by atoms with Crippen LogP contribution in [0.15, 0.2) is 77.8 Å². The van der Waals surface area contributed by atoms with Crippen LogP contribution >= 0.6 is 11.3 Å². The van der Waals surface area contributed by atoms with Gasteiger partial charge in [0.15, 0.2) is 11.5 Å². The molecular formula is C30H27FN2O3S. The highest BCUT2D eigenvalue weighted by Gasteiger charge is 2.25. The van der Waals surface area contributed by atoms with Crippen molar-refractivity contribution in [3.63, 3.8) is 0 Å². The summed E-state index contributed by atoms with van der Waals surface area (Å²) in [5.74, 6) is 0.506. The van der Waals surface area contributed by atoms with Crippen LogP contribution in [-0.4, -0.2) is 19.2 Å². The number of hydrogen-bond donors (Lipinski definition) is 1. The molecule has 0 spiro atoms. The summed E-state index contributed by atoms with van der Waals surface area (Å²) in [6.45, 7) is 0.0475. The molecule has 188 valence electrons. The van der Waals surface area contributed by atoms with Gasteiger partial charge in [0, 0.05) is 27.9 Å². The molecule has 1 N–H and O–H groups in total. The number of carbonyl (C=O) groups excluding carboxylic acids is 1. The third-order valence-electron chi connectivity index (χ3n) is 6.29. The quantitative estimate of drug-likeness (QED) is 0.250. The molecule has 5 rings (SSSR count). The van der Waals surface area contributed by atoms with E-state index in [1.165, 1.54) is 10.9 Å². The molecule has 1 aliphatic rings. The number of rotatable bonds is 8. The zero-order valence-corrected chi connectivity index (χ0v) is 21.3. The van der Waals surface area contributed by atoms with Crippen molar-refractivity contribution in [3.05, 3.63) is 106 Å². The molecular weight excluding hydrogens is 487 g/mol. The lowest BCUT2D eigenvalue weighted by atomic mass is 9.95. The molecule has 3 aromatic carbocycles. The number of para-hydroxylation sites is 2. The van der Waals surface area contributed by atoms with Crippen molar-refractivity contribution in [1.82, 2.24) is 0 Å². The number of amides is 1. The molecule has 5 nitrogen and oxygen atoms in total. The van der Waals surface area contributed by atoms with Gasteiger partial charge in [-0.2, -0.15) is 0 Å². The smallest absolute Gasteiger partial charge is 0.259 e. The molecule has 0 atom stereocenters. The van der Waals surface area contributed by atoms with Crippen LogP contribution in [0.1, 0.15) is 44.8 Å². The van der Waals surface area contributed by atoms with Crippen LogP contribution in [0.3, 0.4) is 0 Å². The number of nitrogens with zero attached hydrogens (tertiary/aromatic N) is 1. The van der Waals surface area contributed by atoms with Crippen molar-refractivity contribution < 1.29 is 18.7 Å². The van der Waals surface area contributed by atoms with Gasteiger partial charge < -0.3 is 14.8 Å². The van der Waals surface area contributed by atoms with Gasteiger partial charge >= 0.3 is 0 Å². The number of ether oxygens (including phenoxy) is 2. The number of hydrogen-bond acceptors (Lipinski definition) is 5. The number of anilines is 1. The number of nitrogens with one attached hydrogen (secondary N) is 1. The highest BCUT2D eigenvalue weighted by atomic mass is 32.1. The summed E-state index contributed by atoms with van der Waals surface area (Å²) in [6, 6.07) is 21.4. The van der Waals surface area contributed by atoms with E-state index in [0.717, 1.165) is 36.9 Å². The van der Waals surface area contributed by atoms with E-state index in [9.17, 15) is 9.18 Å². The summed E-state index contributed by atoms with van der Waals surface area (Å²) in [6.07, 6.45) is 5.69. The molecule has 0 aliphatic heterocycles. The first-order valence-corrected chi connectivity index (χ1v) is 13.0. The van der Waals surface area contributed by atoms with Crippen molar-refractivity contribution in [2.24, 2.45) is 4.99 Å². The summed E-state index contributed by atoms with van der Waals surface area (Å²) in [7, 11) is 1.56. The Morgan fingerprint density at radius 3 is 2.62 bits per heavy atom. The lowest BCUT2D eigenvalue weighted by Gasteiger charge is -2.14. The first-order valence-electron chi connectivity index (χ1n) is 12.2. The SMILES string of the molecule is COc1cccc(C=Nc2sc3c(c2C(=O)Nc2ccccc2)CCCC3)c1OCc1ccccc1F. The Hall–Kier alpha value is -3.97. The largest absolute Gasteiger partial charge is 0.493 e. The molecule has 0 saturated heterocycles. The number of aryl methyl sites for hydroxylation is 1. The van der Waals surface area contributed by atoms with Crippen LogP contribution in [0.5, 0.6) is 11.5 Å². The molecule has 1 aromatic heterocycles. The molecule has 1 heterocycles. The van der Waals surface area contributed by atoms with Gasteiger partial charge in [-0.25, -0.2) is 9.38 Å². The van der Waals surface area contributed by atoms with E-state index >= 15 is 0 Å². The first kappa shape index (κ1) is 24.7. The molecule has 4 aromatic rings. The molecule has 0 radical (unpaired) electrons. The Balaban J connectivity index is 1.47. The molecule has 0 bridgehead atoms. The van der Waals surface area contributed by atoms with Crippen LogP contribution in [-0.2, 0) is 19.4 Å². The second-order valence-electron chi connectivity index (χ2n) is 8.73. The van der Waals surface area contributed by atoms with E-state index in [-0.39, 0.29) is 18.3 Å². The van der Waals surface area contributed by atoms with Gasteiger partial charge in [-0.15, -0.1) is 11.3 Å². The van der Waals surface area contributed by atoms with Crippen molar-refractivity contribution >= 4 is 34.1 Å². The highest BCUT2D eigenvalue weighted by Crippen LogP contribution is 2.41. The van der Waals surface area contributed by atoms with Gasteiger partial charge in [0.1, 0.15) is 17.4 Å². The molecule has 1 aliphatic carbocycles. The lowest BCUT2D eigenvalue weighted by molar-refractivity contribution is 0.102. The minimum atomic E-state index is -0.328. The summed E-state index contributed by atoms with van der Waals surface area (Å²) < 4.78 is 25.7. The third-order valence-corrected chi connectivity index (χ3v) is 7.49. The second-order valence-corrected chi connectivity index (χ2v) is 9.81. The molecule has 1 amide bonds. The molecule has 37 heavy (non-hydrogen) atoms. The van der Waals surface area contributed by atoms with Crippen molar-refractivity contribution in [3.8, 4) is 11.5 Å². The van der Waals surface area contributed by atoms with E-state index in [2.05, 4.69) is 5.32 Å². The molecule has 7 heteroatoms. The summed E-state index contributed by atoms with van der Waals surface area (Å²) in [4.78, 5) is 19.4. The van der Waals surface area contributed by atoms with E-state index in [0.29, 0.717) is 33.2 Å². The predicted octanol–water partition coefficient (Wildman–Crippen LogP) is 7.36. The predicted molar refractivity (Wildman–Crippen MR) is 146 cm³/mol. The number of methoxy groups -OCH3 is 1. The maximum absolute atomic E-state index is 14.2. The van der Waals surface area contributed by atoms with Crippen LogP contribution in [0.4, 0.5) is 15.1 Å². The molecule has 0 saturated carbocycles. The lowest BCUT2D eigenvalue weighted by Crippen LogP contribution is -2.14. The van der Waals surface area contributed by atoms with Gasteiger partial charge in [0.05, 0.1) is 12.7 Å². The Bertz CT molecular complexity index is 1430. The van der Waals surface area contributed by atoms with E-state index in [1.54, 1.807) is 48.9 Å². The standard InChI is InChI=1S/C30H27FN2O3S/c1-35-25-16-9-11-20(28(25)36-19-21-10-5-7-15-24(21)31)18-32-30-27(23-14-6-8-17-26(23)37-30)29(34)33-22-12-3-2-4-13-22/h2-5,7,9-13,15-16,18H,6,8,14,17,19H2,1H3,(H,33,34). The first-order chi connectivity index (χ1) is 18.1. The van der Waals surface area contributed by atoms with Gasteiger partial charge in [-0.05, 0) is 61.6 Å². The average Bonchev–Trinajstić information content (AvgIpc) is 3.30. The van der Waals surface area contributed by atoms with E-state index < -0.39 is 0 Å². The summed E-state index contributed by atoms with van der Waals surface area (Å²) >= 11 is 1.57. The third kappa shape index (κ3) is 5.57. The van der Waals surface area contributed by atoms with Crippen LogP contribution < -0.4 is 14.8 Å². The van der Waals surface area contributed by atoms with E-state index in [1.807, 2.05) is 42.5 Å². The Morgan fingerprint density at radius 2 is 1.81 bits per heavy atom. The number of fused-ring (bicyclic) bond motifs is 1. The van der Waals surface area contributed by atoms with Gasteiger partial charge in [0.2, 0.25) is 0 Å². The number of benzene rings is 3. The van der Waals surface area contributed by atoms with Crippen LogP contribution in [0, 0.1) is 5.82 Å². The fourth-order valence-corrected chi connectivity index (χ4v) is 5.67. The Morgan fingerprint density at radius 1 is 1.03 bits per heavy atom. The fourth-order valence-electron chi connectivity index (χ4n) is 4.43. The topological polar surface area (TPSA) is 59.9 Å². The van der Waals surface area contributed by atoms with Crippen molar-refractivity contribution in [2.75, 3.05) is 12.4 Å². The number of thiophene rings is 1. The van der Waals surface area contributed by atoms with Crippen LogP contribution in [0.2, 0.25) is 0 Å². The minimum absolute atomic E-state index is 0.0475. The van der Waals surface area contributed by atoms with Crippen molar-refractivity contribution in [2.45, 2.75) is 32.3 Å². The van der Waals surface area contributed by atoms with Gasteiger partial charge in [-0.1, -0.05) is 42.5 Å². The zero-order chi connectivity index (χ0) is 25.6. The van der Waals surface area contributed by atoms with Gasteiger partial charge in [0.25, 0.3) is 5.91 Å². The number of carbonyl (C=O) groups is 1. The number of aliphatic imine (C=N–C) groups is 1. The second kappa shape index (κ2) is 11.4. The zero-order valence-electron chi connectivity index (χ0n) is 20.5. The summed E-state index contributed by atoms with van der Waals surface area (Å²) in [5.41, 5.74) is 3.60. The maximum Gasteiger partial charge on any atom is 0.259 e. The highest BCUT2D eigenvalue weighted by molar-refractivity contribution is 7.16. The number of halogens is 1. The maximum atomic E-state index is 14.2. The van der Waals surface area contributed by atoms with Crippen molar-refractivity contribution in [1.29, 1.82) is 0 Å². The van der Waals surface area contributed by atoms with Gasteiger partial charge in [-0.3, -0.25) is 4.79 Å². The Kier molecular flexibility index (Phi) is 7.61. The van der Waals surface area contributed by atoms with Crippen LogP contribution in [0.25, 0.3) is 0 Å². The molecule has 0 unspecified atom stereocenters. The normalized spacial score (nSPS) is 12.8. The Labute approximate surface area is 219 Å². The molecule has 0 fully saturated rings. The fraction of sp³-hybridized carbons (Fsp3) is 0.200.